The van der Waals surface area contributed by atoms with Gasteiger partial charge in [-0.2, -0.15) is 0 Å². The fraction of sp³-hybridized carbons (Fsp3) is 0.357. The van der Waals surface area contributed by atoms with Crippen molar-refractivity contribution >= 4 is 28.1 Å². The zero-order chi connectivity index (χ0) is 24.3. The summed E-state index contributed by atoms with van der Waals surface area (Å²) in [6, 6.07) is 14.8. The summed E-state index contributed by atoms with van der Waals surface area (Å²) in [4.78, 5) is 24.2. The van der Waals surface area contributed by atoms with Gasteiger partial charge in [0.15, 0.2) is 5.65 Å². The van der Waals surface area contributed by atoms with Crippen LogP contribution in [0.1, 0.15) is 29.8 Å². The van der Waals surface area contributed by atoms with Crippen molar-refractivity contribution in [3.8, 4) is 0 Å². The second-order valence-corrected chi connectivity index (χ2v) is 9.84. The number of pyridine rings is 2. The predicted octanol–water partition coefficient (Wildman–Crippen LogP) is 4.43. The Kier molecular flexibility index (Phi) is 6.34. The molecule has 2 N–H and O–H groups in total. The lowest BCUT2D eigenvalue weighted by molar-refractivity contribution is 0.188. The summed E-state index contributed by atoms with van der Waals surface area (Å²) >= 11 is 0. The van der Waals surface area contributed by atoms with Gasteiger partial charge >= 0.3 is 0 Å². The van der Waals surface area contributed by atoms with Crippen LogP contribution in [0.15, 0.2) is 61.1 Å². The van der Waals surface area contributed by atoms with E-state index in [0.29, 0.717) is 5.92 Å². The Bertz CT molecular complexity index is 1410. The SMILES string of the molecule is Cc1ccc(Cn2c(CC3CCN(CCNc4nc5ccncc5[nH]4)CC3)nc3cccnc32)cc1. The molecule has 1 aliphatic rings. The molecule has 0 bridgehead atoms. The number of hydrogen-bond donors (Lipinski definition) is 2. The molecule has 0 aliphatic carbocycles. The topological polar surface area (TPSA) is 87.5 Å². The van der Waals surface area contributed by atoms with Crippen LogP contribution in [0.3, 0.4) is 0 Å². The van der Waals surface area contributed by atoms with Crippen molar-refractivity contribution in [3.63, 3.8) is 0 Å². The van der Waals surface area contributed by atoms with Gasteiger partial charge in [0, 0.05) is 31.9 Å². The number of fused-ring (bicyclic) bond motifs is 2. The molecule has 8 heteroatoms. The van der Waals surface area contributed by atoms with Crippen molar-refractivity contribution in [2.75, 3.05) is 31.5 Å². The van der Waals surface area contributed by atoms with Gasteiger partial charge in [0.1, 0.15) is 11.3 Å². The van der Waals surface area contributed by atoms with Crippen molar-refractivity contribution in [3.05, 3.63) is 78.0 Å². The van der Waals surface area contributed by atoms with Gasteiger partial charge in [0.05, 0.1) is 23.8 Å². The number of aromatic amines is 1. The summed E-state index contributed by atoms with van der Waals surface area (Å²) < 4.78 is 2.32. The number of benzene rings is 1. The Balaban J connectivity index is 1.05. The monoisotopic (exact) mass is 480 g/mol. The van der Waals surface area contributed by atoms with Gasteiger partial charge in [-0.3, -0.25) is 4.98 Å². The Hall–Kier alpha value is -3.78. The van der Waals surface area contributed by atoms with E-state index in [9.17, 15) is 0 Å². The summed E-state index contributed by atoms with van der Waals surface area (Å²) in [7, 11) is 0. The van der Waals surface area contributed by atoms with Crippen LogP contribution < -0.4 is 5.32 Å². The van der Waals surface area contributed by atoms with E-state index in [2.05, 4.69) is 72.0 Å². The van der Waals surface area contributed by atoms with Crippen LogP contribution in [0, 0.1) is 12.8 Å². The average Bonchev–Trinajstić information content (AvgIpc) is 3.47. The number of likely N-dealkylation sites (tertiary alicyclic amines) is 1. The van der Waals surface area contributed by atoms with Crippen LogP contribution in [0.4, 0.5) is 5.95 Å². The summed E-state index contributed by atoms with van der Waals surface area (Å²) in [5.74, 6) is 2.61. The van der Waals surface area contributed by atoms with E-state index >= 15 is 0 Å². The third-order valence-corrected chi connectivity index (χ3v) is 7.23. The first-order valence-electron chi connectivity index (χ1n) is 12.8. The third kappa shape index (κ3) is 4.95. The molecule has 0 unspecified atom stereocenters. The van der Waals surface area contributed by atoms with Crippen molar-refractivity contribution in [2.24, 2.45) is 5.92 Å². The fourth-order valence-electron chi connectivity index (χ4n) is 5.15. The van der Waals surface area contributed by atoms with Crippen LogP contribution >= 0.6 is 0 Å². The molecule has 0 saturated carbocycles. The molecule has 36 heavy (non-hydrogen) atoms. The van der Waals surface area contributed by atoms with Crippen LogP contribution in [-0.4, -0.2) is 60.6 Å². The van der Waals surface area contributed by atoms with Crippen LogP contribution in [0.5, 0.6) is 0 Å². The Morgan fingerprint density at radius 2 is 1.86 bits per heavy atom. The van der Waals surface area contributed by atoms with Gasteiger partial charge in [0.25, 0.3) is 0 Å². The van der Waals surface area contributed by atoms with Gasteiger partial charge in [-0.25, -0.2) is 15.0 Å². The quantitative estimate of drug-likeness (QED) is 0.342. The van der Waals surface area contributed by atoms with Crippen LogP contribution in [0.25, 0.3) is 22.2 Å². The minimum atomic E-state index is 0.644. The number of aromatic nitrogens is 6. The Morgan fingerprint density at radius 3 is 2.69 bits per heavy atom. The molecule has 0 radical (unpaired) electrons. The highest BCUT2D eigenvalue weighted by Gasteiger charge is 2.22. The number of hydrogen-bond acceptors (Lipinski definition) is 6. The molecule has 1 fully saturated rings. The van der Waals surface area contributed by atoms with Gasteiger partial charge < -0.3 is 19.8 Å². The van der Waals surface area contributed by atoms with Crippen LogP contribution in [0.2, 0.25) is 0 Å². The first kappa shape index (κ1) is 22.7. The highest BCUT2D eigenvalue weighted by Crippen LogP contribution is 2.24. The molecular weight excluding hydrogens is 448 g/mol. The standard InChI is InChI=1S/C28H32N8/c1-20-4-6-22(7-5-20)19-36-26(32-24-3-2-11-30-27(24)36)17-21-9-14-35(15-10-21)16-13-31-28-33-23-8-12-29-18-25(23)34-28/h2-8,11-12,18,21H,9-10,13-17,19H2,1H3,(H2,31,33,34). The second kappa shape index (κ2) is 10.1. The van der Waals surface area contributed by atoms with Gasteiger partial charge in [-0.05, 0) is 62.5 Å². The van der Waals surface area contributed by atoms with Gasteiger partial charge in [-0.15, -0.1) is 0 Å². The zero-order valence-electron chi connectivity index (χ0n) is 20.7. The number of aryl methyl sites for hydroxylation is 1. The number of imidazole rings is 2. The van der Waals surface area contributed by atoms with Gasteiger partial charge in [0.2, 0.25) is 5.95 Å². The largest absolute Gasteiger partial charge is 0.355 e. The van der Waals surface area contributed by atoms with Crippen LogP contribution in [-0.2, 0) is 13.0 Å². The molecule has 0 spiro atoms. The molecule has 1 aromatic carbocycles. The third-order valence-electron chi connectivity index (χ3n) is 7.23. The summed E-state index contributed by atoms with van der Waals surface area (Å²) in [5, 5.41) is 3.43. The smallest absolute Gasteiger partial charge is 0.201 e. The van der Waals surface area contributed by atoms with E-state index in [-0.39, 0.29) is 0 Å². The summed E-state index contributed by atoms with van der Waals surface area (Å²) in [5.41, 5.74) is 6.45. The Morgan fingerprint density at radius 1 is 1.00 bits per heavy atom. The lowest BCUT2D eigenvalue weighted by atomic mass is 9.93. The molecule has 5 heterocycles. The number of rotatable bonds is 8. The van der Waals surface area contributed by atoms with E-state index in [1.165, 1.54) is 24.0 Å². The molecule has 0 atom stereocenters. The minimum Gasteiger partial charge on any atom is -0.355 e. The second-order valence-electron chi connectivity index (χ2n) is 9.84. The lowest BCUT2D eigenvalue weighted by Crippen LogP contribution is -2.37. The zero-order valence-corrected chi connectivity index (χ0v) is 20.7. The van der Waals surface area contributed by atoms with Crippen molar-refractivity contribution < 1.29 is 0 Å². The first-order chi connectivity index (χ1) is 17.7. The van der Waals surface area contributed by atoms with Crippen molar-refractivity contribution in [1.82, 2.24) is 34.4 Å². The van der Waals surface area contributed by atoms with Gasteiger partial charge in [-0.1, -0.05) is 29.8 Å². The van der Waals surface area contributed by atoms with E-state index in [0.717, 1.165) is 73.1 Å². The summed E-state index contributed by atoms with van der Waals surface area (Å²) in [6.45, 7) is 7.06. The minimum absolute atomic E-state index is 0.644. The molecular formula is C28H32N8. The normalized spacial score (nSPS) is 15.1. The molecule has 4 aromatic heterocycles. The van der Waals surface area contributed by atoms with E-state index in [4.69, 9.17) is 4.98 Å². The molecule has 5 aromatic rings. The maximum absolute atomic E-state index is 5.00. The van der Waals surface area contributed by atoms with Crippen molar-refractivity contribution in [2.45, 2.75) is 32.7 Å². The molecule has 184 valence electrons. The number of nitrogens with one attached hydrogen (secondary N) is 2. The number of piperidine rings is 1. The van der Waals surface area contributed by atoms with Crippen molar-refractivity contribution in [1.29, 1.82) is 0 Å². The molecule has 1 saturated heterocycles. The molecule has 1 aliphatic heterocycles. The average molecular weight is 481 g/mol. The first-order valence-corrected chi connectivity index (χ1v) is 12.8. The molecule has 0 amide bonds. The predicted molar refractivity (Wildman–Crippen MR) is 143 cm³/mol. The molecule has 6 rings (SSSR count). The Labute approximate surface area is 210 Å². The maximum atomic E-state index is 5.00. The number of anilines is 1. The van der Waals surface area contributed by atoms with E-state index < -0.39 is 0 Å². The summed E-state index contributed by atoms with van der Waals surface area (Å²) in [6.07, 6.45) is 8.83. The number of H-pyrrole nitrogens is 1. The lowest BCUT2D eigenvalue weighted by Gasteiger charge is -2.31. The highest BCUT2D eigenvalue weighted by molar-refractivity contribution is 5.76. The number of nitrogens with zero attached hydrogens (tertiary/aromatic N) is 6. The fourth-order valence-corrected chi connectivity index (χ4v) is 5.15. The van der Waals surface area contributed by atoms with E-state index in [1.54, 1.807) is 6.20 Å². The molecule has 8 nitrogen and oxygen atoms in total. The maximum Gasteiger partial charge on any atom is 0.201 e. The van der Waals surface area contributed by atoms with E-state index in [1.807, 2.05) is 24.5 Å². The highest BCUT2D eigenvalue weighted by atomic mass is 15.2.